The van der Waals surface area contributed by atoms with Crippen LogP contribution in [0.1, 0.15) is 0 Å². The van der Waals surface area contributed by atoms with Crippen LogP contribution in [0.5, 0.6) is 0 Å². The van der Waals surface area contributed by atoms with Crippen LogP contribution < -0.4 is 4.90 Å². The molecule has 0 aliphatic heterocycles. The molecule has 0 unspecified atom stereocenters. The highest BCUT2D eigenvalue weighted by Crippen LogP contribution is 2.43. The Bertz CT molecular complexity index is 2870. The van der Waals surface area contributed by atoms with Crippen molar-refractivity contribution in [2.24, 2.45) is 0 Å². The molecule has 0 aliphatic carbocycles. The zero-order valence-corrected chi connectivity index (χ0v) is 27.3. The average Bonchev–Trinajstić information content (AvgIpc) is 3.58. The van der Waals surface area contributed by atoms with Crippen molar-refractivity contribution in [2.45, 2.75) is 0 Å². The van der Waals surface area contributed by atoms with Crippen LogP contribution in [0.25, 0.3) is 76.5 Å². The highest BCUT2D eigenvalue weighted by atomic mass is 16.3. The van der Waals surface area contributed by atoms with Crippen LogP contribution in [-0.2, 0) is 0 Å². The van der Waals surface area contributed by atoms with Gasteiger partial charge in [0.2, 0.25) is 0 Å². The fraction of sp³-hybridized carbons (Fsp3) is 0. The van der Waals surface area contributed by atoms with Gasteiger partial charge in [0.1, 0.15) is 11.2 Å². The molecule has 1 aromatic heterocycles. The van der Waals surface area contributed by atoms with Crippen LogP contribution in [-0.4, -0.2) is 0 Å². The number of furan rings is 1. The molecular weight excluding hydrogens is 607 g/mol. The second-order valence-corrected chi connectivity index (χ2v) is 12.9. The Kier molecular flexibility index (Phi) is 6.53. The smallest absolute Gasteiger partial charge is 0.136 e. The molecule has 0 N–H and O–H groups in total. The Balaban J connectivity index is 1.10. The summed E-state index contributed by atoms with van der Waals surface area (Å²) in [4.78, 5) is 2.39. The van der Waals surface area contributed by atoms with Gasteiger partial charge in [-0.3, -0.25) is 0 Å². The molecule has 10 rings (SSSR count). The maximum Gasteiger partial charge on any atom is 0.136 e. The zero-order chi connectivity index (χ0) is 33.0. The maximum atomic E-state index is 6.16. The molecule has 2 nitrogen and oxygen atoms in total. The van der Waals surface area contributed by atoms with Gasteiger partial charge in [-0.05, 0) is 97.5 Å². The molecule has 9 aromatic carbocycles. The van der Waals surface area contributed by atoms with Crippen molar-refractivity contribution in [1.29, 1.82) is 0 Å². The number of anilines is 3. The van der Waals surface area contributed by atoms with Gasteiger partial charge >= 0.3 is 0 Å². The molecule has 50 heavy (non-hydrogen) atoms. The fourth-order valence-corrected chi connectivity index (χ4v) is 7.63. The third-order valence-electron chi connectivity index (χ3n) is 10.0. The predicted molar refractivity (Wildman–Crippen MR) is 212 cm³/mol. The summed E-state index contributed by atoms with van der Waals surface area (Å²) < 4.78 is 6.16. The fourth-order valence-electron chi connectivity index (χ4n) is 7.63. The van der Waals surface area contributed by atoms with Crippen LogP contribution in [0.4, 0.5) is 17.1 Å². The molecule has 0 bridgehead atoms. The zero-order valence-electron chi connectivity index (χ0n) is 27.3. The molecular formula is C48H31NO. The third kappa shape index (κ3) is 4.65. The van der Waals surface area contributed by atoms with Crippen LogP contribution in [0.3, 0.4) is 0 Å². The highest BCUT2D eigenvalue weighted by molar-refractivity contribution is 6.19. The summed E-state index contributed by atoms with van der Waals surface area (Å²) in [5.41, 5.74) is 9.93. The first-order valence-corrected chi connectivity index (χ1v) is 17.1. The van der Waals surface area contributed by atoms with Crippen molar-refractivity contribution in [3.05, 3.63) is 188 Å². The number of fused-ring (bicyclic) bond motifs is 8. The van der Waals surface area contributed by atoms with Gasteiger partial charge in [-0.25, -0.2) is 0 Å². The van der Waals surface area contributed by atoms with E-state index in [1.807, 2.05) is 12.1 Å². The third-order valence-corrected chi connectivity index (χ3v) is 10.0. The number of hydrogen-bond acceptors (Lipinski definition) is 2. The van der Waals surface area contributed by atoms with E-state index in [4.69, 9.17) is 4.42 Å². The van der Waals surface area contributed by atoms with Gasteiger partial charge in [0.15, 0.2) is 0 Å². The topological polar surface area (TPSA) is 16.4 Å². The Labute approximate surface area is 290 Å². The molecule has 0 spiro atoms. The Morgan fingerprint density at radius 3 is 1.88 bits per heavy atom. The van der Waals surface area contributed by atoms with Gasteiger partial charge in [-0.1, -0.05) is 140 Å². The van der Waals surface area contributed by atoms with Gasteiger partial charge < -0.3 is 9.32 Å². The van der Waals surface area contributed by atoms with Crippen LogP contribution in [0, 0.1) is 0 Å². The molecule has 2 heteroatoms. The van der Waals surface area contributed by atoms with Crippen molar-refractivity contribution in [2.75, 3.05) is 4.90 Å². The van der Waals surface area contributed by atoms with E-state index in [2.05, 4.69) is 181 Å². The van der Waals surface area contributed by atoms with E-state index >= 15 is 0 Å². The highest BCUT2D eigenvalue weighted by Gasteiger charge is 2.18. The largest absolute Gasteiger partial charge is 0.456 e. The summed E-state index contributed by atoms with van der Waals surface area (Å²) in [5.74, 6) is 0. The quantitative estimate of drug-likeness (QED) is 0.175. The molecule has 10 aromatic rings. The lowest BCUT2D eigenvalue weighted by Gasteiger charge is -2.28. The second-order valence-electron chi connectivity index (χ2n) is 12.9. The lowest BCUT2D eigenvalue weighted by atomic mass is 9.97. The van der Waals surface area contributed by atoms with E-state index in [1.54, 1.807) is 0 Å². The van der Waals surface area contributed by atoms with Crippen molar-refractivity contribution in [3.8, 4) is 22.3 Å². The lowest BCUT2D eigenvalue weighted by molar-refractivity contribution is 0.669. The number of rotatable bonds is 5. The van der Waals surface area contributed by atoms with Gasteiger partial charge in [0.25, 0.3) is 0 Å². The standard InChI is InChI=1S/C48H31NO/c1-2-10-33(11-3-1)42-14-6-8-16-45(42)49(39-26-28-41-37(31-39)19-18-34-12-4-5-13-40(34)41)38-24-20-32(21-25-38)35-22-27-43-36(30-35)23-29-47-48(43)44-15-7-9-17-46(44)50-47/h1-31H. The summed E-state index contributed by atoms with van der Waals surface area (Å²) in [6, 6.07) is 67.6. The summed E-state index contributed by atoms with van der Waals surface area (Å²) in [5, 5.41) is 9.75. The van der Waals surface area contributed by atoms with E-state index in [0.717, 1.165) is 33.6 Å². The van der Waals surface area contributed by atoms with Crippen LogP contribution in [0.15, 0.2) is 192 Å². The van der Waals surface area contributed by atoms with Crippen molar-refractivity contribution in [3.63, 3.8) is 0 Å². The van der Waals surface area contributed by atoms with E-state index in [0.29, 0.717) is 0 Å². The molecule has 234 valence electrons. The van der Waals surface area contributed by atoms with Crippen molar-refractivity contribution >= 4 is 71.3 Å². The van der Waals surface area contributed by atoms with E-state index < -0.39 is 0 Å². The summed E-state index contributed by atoms with van der Waals surface area (Å²) in [6.07, 6.45) is 0. The number of benzene rings is 9. The minimum atomic E-state index is 0.924. The van der Waals surface area contributed by atoms with Gasteiger partial charge in [-0.2, -0.15) is 0 Å². The van der Waals surface area contributed by atoms with Crippen LogP contribution in [0.2, 0.25) is 0 Å². The Morgan fingerprint density at radius 2 is 0.980 bits per heavy atom. The van der Waals surface area contributed by atoms with Crippen molar-refractivity contribution in [1.82, 2.24) is 0 Å². The molecule has 0 fully saturated rings. The Hall–Kier alpha value is -6.64. The minimum Gasteiger partial charge on any atom is -0.456 e. The maximum absolute atomic E-state index is 6.16. The first-order valence-electron chi connectivity index (χ1n) is 17.1. The van der Waals surface area contributed by atoms with Crippen molar-refractivity contribution < 1.29 is 4.42 Å². The predicted octanol–water partition coefficient (Wildman–Crippen LogP) is 13.8. The lowest BCUT2D eigenvalue weighted by Crippen LogP contribution is -2.11. The van der Waals surface area contributed by atoms with Gasteiger partial charge in [-0.15, -0.1) is 0 Å². The second kappa shape index (κ2) is 11.5. The normalized spacial score (nSPS) is 11.6. The number of para-hydroxylation sites is 2. The SMILES string of the molecule is c1ccc(-c2ccccc2N(c2ccc(-c3ccc4c(ccc5oc6ccccc6c54)c3)cc2)c2ccc3c(ccc4ccccc43)c2)cc1. The summed E-state index contributed by atoms with van der Waals surface area (Å²) >= 11 is 0. The Morgan fingerprint density at radius 1 is 0.340 bits per heavy atom. The van der Waals surface area contributed by atoms with Gasteiger partial charge in [0.05, 0.1) is 5.69 Å². The number of hydrogen-bond donors (Lipinski definition) is 0. The van der Waals surface area contributed by atoms with Crippen LogP contribution >= 0.6 is 0 Å². The van der Waals surface area contributed by atoms with E-state index in [-0.39, 0.29) is 0 Å². The summed E-state index contributed by atoms with van der Waals surface area (Å²) in [6.45, 7) is 0. The van der Waals surface area contributed by atoms with E-state index in [9.17, 15) is 0 Å². The molecule has 0 atom stereocenters. The first kappa shape index (κ1) is 28.4. The molecule has 0 saturated carbocycles. The molecule has 0 saturated heterocycles. The monoisotopic (exact) mass is 637 g/mol. The minimum absolute atomic E-state index is 0.924. The summed E-state index contributed by atoms with van der Waals surface area (Å²) in [7, 11) is 0. The number of nitrogens with zero attached hydrogens (tertiary/aromatic N) is 1. The molecule has 0 amide bonds. The first-order chi connectivity index (χ1) is 24.8. The molecule has 0 radical (unpaired) electrons. The molecule has 1 heterocycles. The average molecular weight is 638 g/mol. The molecule has 0 aliphatic rings. The van der Waals surface area contributed by atoms with Gasteiger partial charge in [0, 0.05) is 27.7 Å². The van der Waals surface area contributed by atoms with E-state index in [1.165, 1.54) is 60.0 Å².